The Morgan fingerprint density at radius 1 is 1.38 bits per heavy atom. The fourth-order valence-corrected chi connectivity index (χ4v) is 2.33. The summed E-state index contributed by atoms with van der Waals surface area (Å²) >= 11 is 1.69. The minimum atomic E-state index is 0.366. The van der Waals surface area contributed by atoms with Gasteiger partial charge in [-0.1, -0.05) is 24.3 Å². The fraction of sp³-hybridized carbons (Fsp3) is 0.308. The van der Waals surface area contributed by atoms with Gasteiger partial charge in [0.2, 0.25) is 0 Å². The number of aromatic nitrogens is 1. The van der Waals surface area contributed by atoms with Gasteiger partial charge in [0, 0.05) is 24.2 Å². The molecule has 2 nitrogen and oxygen atoms in total. The molecule has 0 unspecified atom stereocenters. The van der Waals surface area contributed by atoms with Crippen LogP contribution < -0.4 is 5.32 Å². The molecule has 0 saturated heterocycles. The van der Waals surface area contributed by atoms with Crippen LogP contribution in [0.2, 0.25) is 0 Å². The Morgan fingerprint density at radius 2 is 2.19 bits per heavy atom. The van der Waals surface area contributed by atoms with E-state index in [2.05, 4.69) is 48.4 Å². The largest absolute Gasteiger partial charge is 0.304 e. The zero-order valence-corrected chi connectivity index (χ0v) is 10.4. The lowest BCUT2D eigenvalue weighted by molar-refractivity contribution is 0.571. The molecular weight excluding hydrogens is 216 g/mol. The van der Waals surface area contributed by atoms with Crippen molar-refractivity contribution in [1.29, 1.82) is 0 Å². The third-order valence-electron chi connectivity index (χ3n) is 2.70. The van der Waals surface area contributed by atoms with Gasteiger partial charge in [0.05, 0.1) is 0 Å². The molecule has 2 rings (SSSR count). The van der Waals surface area contributed by atoms with E-state index in [0.717, 1.165) is 11.6 Å². The molecule has 0 amide bonds. The second-order valence-electron chi connectivity index (χ2n) is 3.89. The normalized spacial score (nSPS) is 12.6. The maximum atomic E-state index is 4.26. The highest BCUT2D eigenvalue weighted by Gasteiger charge is 2.07. The smallest absolute Gasteiger partial charge is 0.106 e. The Morgan fingerprint density at radius 3 is 2.88 bits per heavy atom. The second kappa shape index (κ2) is 5.23. The molecule has 3 heteroatoms. The Kier molecular flexibility index (Phi) is 3.70. The molecule has 0 aliphatic rings. The molecule has 0 fully saturated rings. The van der Waals surface area contributed by atoms with Gasteiger partial charge in [0.25, 0.3) is 0 Å². The first-order valence-electron chi connectivity index (χ1n) is 5.44. The molecule has 1 heterocycles. The molecule has 1 aromatic carbocycles. The van der Waals surface area contributed by atoms with Crippen molar-refractivity contribution in [3.05, 3.63) is 52.0 Å². The summed E-state index contributed by atoms with van der Waals surface area (Å²) in [6.45, 7) is 5.18. The number of rotatable bonds is 4. The van der Waals surface area contributed by atoms with Crippen LogP contribution in [0.25, 0.3) is 0 Å². The molecule has 0 aliphatic heterocycles. The van der Waals surface area contributed by atoms with Gasteiger partial charge in [0.1, 0.15) is 5.01 Å². The number of thiazole rings is 1. The maximum absolute atomic E-state index is 4.26. The van der Waals surface area contributed by atoms with Crippen molar-refractivity contribution in [2.75, 3.05) is 0 Å². The summed E-state index contributed by atoms with van der Waals surface area (Å²) in [5, 5.41) is 6.64. The van der Waals surface area contributed by atoms with E-state index in [-0.39, 0.29) is 0 Å². The Bertz CT molecular complexity index is 437. The average Bonchev–Trinajstić information content (AvgIpc) is 2.79. The van der Waals surface area contributed by atoms with Gasteiger partial charge in [0.15, 0.2) is 0 Å². The average molecular weight is 232 g/mol. The summed E-state index contributed by atoms with van der Waals surface area (Å²) in [6, 6.07) is 8.85. The third-order valence-corrected chi connectivity index (χ3v) is 3.48. The standard InChI is InChI=1S/C13H16N2S/c1-10-5-3-4-6-12(10)11(2)15-9-13-14-7-8-16-13/h3-8,11,15H,9H2,1-2H3/t11-/m1/s1. The van der Waals surface area contributed by atoms with E-state index in [1.807, 2.05) is 11.6 Å². The molecule has 1 atom stereocenters. The first kappa shape index (κ1) is 11.3. The van der Waals surface area contributed by atoms with Crippen LogP contribution in [0, 0.1) is 6.92 Å². The highest BCUT2D eigenvalue weighted by molar-refractivity contribution is 7.09. The van der Waals surface area contributed by atoms with E-state index in [0.29, 0.717) is 6.04 Å². The van der Waals surface area contributed by atoms with Gasteiger partial charge in [-0.3, -0.25) is 0 Å². The van der Waals surface area contributed by atoms with Crippen molar-refractivity contribution in [2.45, 2.75) is 26.4 Å². The zero-order chi connectivity index (χ0) is 11.4. The number of hydrogen-bond donors (Lipinski definition) is 1. The topological polar surface area (TPSA) is 24.9 Å². The SMILES string of the molecule is Cc1ccccc1[C@@H](C)NCc1nccs1. The number of aryl methyl sites for hydroxylation is 1. The van der Waals surface area contributed by atoms with Crippen LogP contribution >= 0.6 is 11.3 Å². The molecule has 16 heavy (non-hydrogen) atoms. The van der Waals surface area contributed by atoms with Gasteiger partial charge in [-0.25, -0.2) is 4.98 Å². The van der Waals surface area contributed by atoms with Crippen LogP contribution in [-0.4, -0.2) is 4.98 Å². The first-order valence-corrected chi connectivity index (χ1v) is 6.32. The Balaban J connectivity index is 1.98. The van der Waals surface area contributed by atoms with Crippen LogP contribution in [0.1, 0.15) is 29.1 Å². The van der Waals surface area contributed by atoms with Crippen molar-refractivity contribution in [2.24, 2.45) is 0 Å². The summed E-state index contributed by atoms with van der Waals surface area (Å²) in [5.74, 6) is 0. The van der Waals surface area contributed by atoms with Gasteiger partial charge in [-0.05, 0) is 25.0 Å². The fourth-order valence-electron chi connectivity index (χ4n) is 1.76. The van der Waals surface area contributed by atoms with Crippen molar-refractivity contribution in [3.8, 4) is 0 Å². The zero-order valence-electron chi connectivity index (χ0n) is 9.60. The molecule has 1 aromatic heterocycles. The molecule has 0 aliphatic carbocycles. The van der Waals surface area contributed by atoms with Gasteiger partial charge in [-0.2, -0.15) is 0 Å². The predicted molar refractivity (Wildman–Crippen MR) is 68.5 cm³/mol. The van der Waals surface area contributed by atoms with Crippen LogP contribution in [0.3, 0.4) is 0 Å². The molecule has 1 N–H and O–H groups in total. The molecule has 0 radical (unpaired) electrons. The monoisotopic (exact) mass is 232 g/mol. The second-order valence-corrected chi connectivity index (χ2v) is 4.86. The number of nitrogens with one attached hydrogen (secondary N) is 1. The highest BCUT2D eigenvalue weighted by atomic mass is 32.1. The predicted octanol–water partition coefficient (Wildman–Crippen LogP) is 3.30. The van der Waals surface area contributed by atoms with Crippen LogP contribution in [0.5, 0.6) is 0 Å². The molecule has 0 bridgehead atoms. The number of nitrogens with zero attached hydrogens (tertiary/aromatic N) is 1. The third kappa shape index (κ3) is 2.68. The first-order chi connectivity index (χ1) is 7.77. The maximum Gasteiger partial charge on any atom is 0.106 e. The minimum absolute atomic E-state index is 0.366. The summed E-state index contributed by atoms with van der Waals surface area (Å²) < 4.78 is 0. The summed E-state index contributed by atoms with van der Waals surface area (Å²) in [7, 11) is 0. The van der Waals surface area contributed by atoms with Gasteiger partial charge < -0.3 is 5.32 Å². The lowest BCUT2D eigenvalue weighted by atomic mass is 10.0. The summed E-state index contributed by atoms with van der Waals surface area (Å²) in [5.41, 5.74) is 2.70. The van der Waals surface area contributed by atoms with E-state index in [9.17, 15) is 0 Å². The van der Waals surface area contributed by atoms with Crippen molar-refractivity contribution >= 4 is 11.3 Å². The summed E-state index contributed by atoms with van der Waals surface area (Å²) in [6.07, 6.45) is 1.85. The van der Waals surface area contributed by atoms with Crippen LogP contribution in [0.4, 0.5) is 0 Å². The van der Waals surface area contributed by atoms with E-state index in [1.165, 1.54) is 11.1 Å². The van der Waals surface area contributed by atoms with E-state index in [4.69, 9.17) is 0 Å². The van der Waals surface area contributed by atoms with Crippen molar-refractivity contribution < 1.29 is 0 Å². The van der Waals surface area contributed by atoms with E-state index in [1.54, 1.807) is 11.3 Å². The van der Waals surface area contributed by atoms with Crippen LogP contribution in [-0.2, 0) is 6.54 Å². The van der Waals surface area contributed by atoms with E-state index < -0.39 is 0 Å². The highest BCUT2D eigenvalue weighted by Crippen LogP contribution is 2.17. The van der Waals surface area contributed by atoms with E-state index >= 15 is 0 Å². The Hall–Kier alpha value is -1.19. The molecule has 0 spiro atoms. The van der Waals surface area contributed by atoms with Gasteiger partial charge >= 0.3 is 0 Å². The lowest BCUT2D eigenvalue weighted by Gasteiger charge is -2.15. The molecular formula is C13H16N2S. The van der Waals surface area contributed by atoms with Gasteiger partial charge in [-0.15, -0.1) is 11.3 Å². The molecule has 84 valence electrons. The van der Waals surface area contributed by atoms with Crippen molar-refractivity contribution in [1.82, 2.24) is 10.3 Å². The summed E-state index contributed by atoms with van der Waals surface area (Å²) in [4.78, 5) is 4.26. The lowest BCUT2D eigenvalue weighted by Crippen LogP contribution is -2.18. The quantitative estimate of drug-likeness (QED) is 0.875. The van der Waals surface area contributed by atoms with Crippen molar-refractivity contribution in [3.63, 3.8) is 0 Å². The molecule has 2 aromatic rings. The molecule has 0 saturated carbocycles. The Labute approximate surface area is 100 Å². The minimum Gasteiger partial charge on any atom is -0.304 e. The van der Waals surface area contributed by atoms with Crippen LogP contribution in [0.15, 0.2) is 35.8 Å². The number of benzene rings is 1. The number of hydrogen-bond acceptors (Lipinski definition) is 3.